The highest BCUT2D eigenvalue weighted by Crippen LogP contribution is 2.30. The molecule has 114 valence electrons. The van der Waals surface area contributed by atoms with Crippen LogP contribution in [0.25, 0.3) is 0 Å². The van der Waals surface area contributed by atoms with Crippen LogP contribution in [0.15, 0.2) is 12.3 Å². The summed E-state index contributed by atoms with van der Waals surface area (Å²) in [5.41, 5.74) is -0.227. The van der Waals surface area contributed by atoms with Gasteiger partial charge in [0.2, 0.25) is 0 Å². The zero-order valence-electron chi connectivity index (χ0n) is 11.3. The number of rotatable bonds is 5. The van der Waals surface area contributed by atoms with Gasteiger partial charge >= 0.3 is 5.97 Å². The maximum absolute atomic E-state index is 11.4. The monoisotopic (exact) mass is 313 g/mol. The van der Waals surface area contributed by atoms with Gasteiger partial charge in [-0.1, -0.05) is 30.9 Å². The van der Waals surface area contributed by atoms with Crippen molar-refractivity contribution in [2.75, 3.05) is 5.32 Å². The molecule has 1 aromatic rings. The normalized spacial score (nSPS) is 17.2. The highest BCUT2D eigenvalue weighted by molar-refractivity contribution is 6.33. The van der Waals surface area contributed by atoms with Crippen molar-refractivity contribution >= 4 is 29.1 Å². The van der Waals surface area contributed by atoms with Crippen molar-refractivity contribution in [1.82, 2.24) is 4.98 Å². The van der Waals surface area contributed by atoms with Gasteiger partial charge < -0.3 is 10.4 Å². The van der Waals surface area contributed by atoms with Crippen molar-refractivity contribution in [3.8, 4) is 0 Å². The number of aliphatic carboxylic acids is 1. The third kappa shape index (κ3) is 3.81. The maximum atomic E-state index is 11.4. The first-order valence-corrected chi connectivity index (χ1v) is 7.16. The quantitative estimate of drug-likeness (QED) is 0.639. The molecule has 0 amide bonds. The first-order valence-electron chi connectivity index (χ1n) is 6.78. The van der Waals surface area contributed by atoms with E-state index in [0.717, 1.165) is 44.4 Å². The molecular weight excluding hydrogens is 298 g/mol. The minimum Gasteiger partial charge on any atom is -0.480 e. The van der Waals surface area contributed by atoms with E-state index in [-0.39, 0.29) is 22.4 Å². The van der Waals surface area contributed by atoms with Gasteiger partial charge in [0.05, 0.1) is 9.95 Å². The van der Waals surface area contributed by atoms with Crippen LogP contribution < -0.4 is 5.32 Å². The third-order valence-corrected chi connectivity index (χ3v) is 4.01. The molecule has 21 heavy (non-hydrogen) atoms. The van der Waals surface area contributed by atoms with Crippen molar-refractivity contribution in [3.05, 3.63) is 27.4 Å². The molecule has 0 radical (unpaired) electrons. The number of pyridine rings is 1. The second-order valence-corrected chi connectivity index (χ2v) is 5.55. The number of hydrogen-bond acceptors (Lipinski definition) is 5. The SMILES string of the molecule is O=C(O)C(Nc1ncc([N+](=O)[O-])cc1Cl)C1CCCCC1. The second kappa shape index (κ2) is 6.71. The van der Waals surface area contributed by atoms with Crippen LogP contribution in [-0.2, 0) is 4.79 Å². The molecule has 0 aliphatic heterocycles. The van der Waals surface area contributed by atoms with E-state index in [1.54, 1.807) is 0 Å². The smallest absolute Gasteiger partial charge is 0.326 e. The predicted molar refractivity (Wildman–Crippen MR) is 77.5 cm³/mol. The van der Waals surface area contributed by atoms with Gasteiger partial charge in [-0.15, -0.1) is 0 Å². The van der Waals surface area contributed by atoms with Crippen molar-refractivity contribution in [2.24, 2.45) is 5.92 Å². The Kier molecular flexibility index (Phi) is 4.95. The van der Waals surface area contributed by atoms with Gasteiger partial charge in [0, 0.05) is 6.07 Å². The first kappa shape index (κ1) is 15.5. The Morgan fingerprint density at radius 2 is 2.14 bits per heavy atom. The van der Waals surface area contributed by atoms with E-state index >= 15 is 0 Å². The standard InChI is InChI=1S/C13H16ClN3O4/c14-10-6-9(17(20)21)7-15-12(10)16-11(13(18)19)8-4-2-1-3-5-8/h6-8,11H,1-5H2,(H,15,16)(H,18,19). The number of hydrogen-bond donors (Lipinski definition) is 2. The number of anilines is 1. The zero-order chi connectivity index (χ0) is 15.4. The molecule has 0 aromatic carbocycles. The number of carboxylic acids is 1. The molecule has 2 rings (SSSR count). The lowest BCUT2D eigenvalue weighted by atomic mass is 9.84. The van der Waals surface area contributed by atoms with Crippen molar-refractivity contribution < 1.29 is 14.8 Å². The molecule has 0 spiro atoms. The lowest BCUT2D eigenvalue weighted by Crippen LogP contribution is -2.38. The number of carbonyl (C=O) groups is 1. The molecule has 1 saturated carbocycles. The number of halogens is 1. The van der Waals surface area contributed by atoms with Gasteiger partial charge in [-0.25, -0.2) is 9.78 Å². The number of aromatic nitrogens is 1. The number of carboxylic acid groups (broad SMARTS) is 1. The van der Waals surface area contributed by atoms with Crippen LogP contribution in [0.1, 0.15) is 32.1 Å². The number of nitrogens with one attached hydrogen (secondary N) is 1. The van der Waals surface area contributed by atoms with Crippen LogP contribution in [0.2, 0.25) is 5.02 Å². The minimum atomic E-state index is -0.960. The van der Waals surface area contributed by atoms with Crippen LogP contribution in [0.5, 0.6) is 0 Å². The summed E-state index contributed by atoms with van der Waals surface area (Å²) in [7, 11) is 0. The summed E-state index contributed by atoms with van der Waals surface area (Å²) < 4.78 is 0. The average Bonchev–Trinajstić information content (AvgIpc) is 2.46. The van der Waals surface area contributed by atoms with Gasteiger partial charge in [0.25, 0.3) is 5.69 Å². The van der Waals surface area contributed by atoms with E-state index in [2.05, 4.69) is 10.3 Å². The van der Waals surface area contributed by atoms with Crippen LogP contribution in [0.4, 0.5) is 11.5 Å². The summed E-state index contributed by atoms with van der Waals surface area (Å²) >= 11 is 5.94. The number of nitrogens with zero attached hydrogens (tertiary/aromatic N) is 2. The Bertz CT molecular complexity index is 546. The summed E-state index contributed by atoms with van der Waals surface area (Å²) in [5.74, 6) is -0.775. The molecular formula is C13H16ClN3O4. The molecule has 1 aromatic heterocycles. The fourth-order valence-electron chi connectivity index (χ4n) is 2.63. The Hall–Kier alpha value is -1.89. The molecule has 1 aliphatic rings. The van der Waals surface area contributed by atoms with Crippen molar-refractivity contribution in [2.45, 2.75) is 38.1 Å². The lowest BCUT2D eigenvalue weighted by Gasteiger charge is -2.28. The molecule has 1 fully saturated rings. The van der Waals surface area contributed by atoms with E-state index in [0.29, 0.717) is 0 Å². The topological polar surface area (TPSA) is 105 Å². The Balaban J connectivity index is 2.16. The van der Waals surface area contributed by atoms with E-state index in [4.69, 9.17) is 11.6 Å². The third-order valence-electron chi connectivity index (χ3n) is 3.72. The molecule has 7 nitrogen and oxygen atoms in total. The van der Waals surface area contributed by atoms with Gasteiger partial charge in [-0.05, 0) is 18.8 Å². The van der Waals surface area contributed by atoms with Crippen LogP contribution in [0.3, 0.4) is 0 Å². The van der Waals surface area contributed by atoms with Crippen molar-refractivity contribution in [1.29, 1.82) is 0 Å². The summed E-state index contributed by atoms with van der Waals surface area (Å²) in [6, 6.07) is 0.383. The fraction of sp³-hybridized carbons (Fsp3) is 0.538. The lowest BCUT2D eigenvalue weighted by molar-refractivity contribution is -0.385. The van der Waals surface area contributed by atoms with Gasteiger partial charge in [0.1, 0.15) is 18.1 Å². The molecule has 1 heterocycles. The highest BCUT2D eigenvalue weighted by atomic mass is 35.5. The van der Waals surface area contributed by atoms with Crippen molar-refractivity contribution in [3.63, 3.8) is 0 Å². The minimum absolute atomic E-state index is 0.0179. The fourth-order valence-corrected chi connectivity index (χ4v) is 2.85. The van der Waals surface area contributed by atoms with Gasteiger partial charge in [-0.2, -0.15) is 0 Å². The van der Waals surface area contributed by atoms with E-state index in [1.807, 2.05) is 0 Å². The molecule has 1 aliphatic carbocycles. The van der Waals surface area contributed by atoms with Crippen LogP contribution in [-0.4, -0.2) is 27.0 Å². The Labute approximate surface area is 126 Å². The number of nitro groups is 1. The molecule has 1 unspecified atom stereocenters. The summed E-state index contributed by atoms with van der Waals surface area (Å²) in [6.45, 7) is 0. The van der Waals surface area contributed by atoms with E-state index in [9.17, 15) is 20.0 Å². The Morgan fingerprint density at radius 1 is 1.48 bits per heavy atom. The highest BCUT2D eigenvalue weighted by Gasteiger charge is 2.30. The Morgan fingerprint density at radius 3 is 2.67 bits per heavy atom. The predicted octanol–water partition coefficient (Wildman–Crippen LogP) is 3.09. The second-order valence-electron chi connectivity index (χ2n) is 5.14. The molecule has 8 heteroatoms. The molecule has 0 bridgehead atoms. The largest absolute Gasteiger partial charge is 0.480 e. The average molecular weight is 314 g/mol. The van der Waals surface area contributed by atoms with Gasteiger partial charge in [0.15, 0.2) is 0 Å². The van der Waals surface area contributed by atoms with Crippen LogP contribution >= 0.6 is 11.6 Å². The van der Waals surface area contributed by atoms with E-state index < -0.39 is 16.9 Å². The first-order chi connectivity index (χ1) is 9.99. The van der Waals surface area contributed by atoms with Gasteiger partial charge in [-0.3, -0.25) is 10.1 Å². The zero-order valence-corrected chi connectivity index (χ0v) is 12.0. The van der Waals surface area contributed by atoms with E-state index in [1.165, 1.54) is 0 Å². The molecule has 0 saturated heterocycles. The molecule has 2 N–H and O–H groups in total. The summed E-state index contributed by atoms with van der Waals surface area (Å²) in [5, 5.41) is 22.9. The van der Waals surface area contributed by atoms with Crippen LogP contribution in [0, 0.1) is 16.0 Å². The summed E-state index contributed by atoms with van der Waals surface area (Å²) in [4.78, 5) is 25.4. The molecule has 1 atom stereocenters. The maximum Gasteiger partial charge on any atom is 0.326 e. The summed E-state index contributed by atoms with van der Waals surface area (Å²) in [6.07, 6.45) is 5.89.